The number of nitrogens with one attached hydrogen (secondary N) is 1. The highest BCUT2D eigenvalue weighted by atomic mass is 16.2. The van der Waals surface area contributed by atoms with Crippen LogP contribution in [0.5, 0.6) is 0 Å². The Kier molecular flexibility index (Phi) is 6.96. The Morgan fingerprint density at radius 3 is 2.15 bits per heavy atom. The highest BCUT2D eigenvalue weighted by Gasteiger charge is 2.42. The van der Waals surface area contributed by atoms with E-state index in [2.05, 4.69) is 17.3 Å². The Hall–Kier alpha value is -0.610. The third kappa shape index (κ3) is 3.73. The fraction of sp³-hybridized carbons (Fsp3) is 0.938. The maximum Gasteiger partial charge on any atom is 0.242 e. The van der Waals surface area contributed by atoms with Gasteiger partial charge in [-0.25, -0.2) is 0 Å². The Labute approximate surface area is 124 Å². The van der Waals surface area contributed by atoms with Gasteiger partial charge >= 0.3 is 0 Å². The van der Waals surface area contributed by atoms with E-state index in [1.54, 1.807) is 0 Å². The van der Waals surface area contributed by atoms with E-state index in [0.717, 1.165) is 38.8 Å². The quantitative estimate of drug-likeness (QED) is 0.861. The lowest BCUT2D eigenvalue weighted by atomic mass is 9.93. The molecule has 2 fully saturated rings. The van der Waals surface area contributed by atoms with E-state index in [1.807, 2.05) is 32.8 Å². The van der Waals surface area contributed by atoms with Gasteiger partial charge in [0, 0.05) is 13.1 Å². The van der Waals surface area contributed by atoms with Crippen LogP contribution in [0.4, 0.5) is 0 Å². The molecule has 0 aromatic rings. The number of likely N-dealkylation sites (tertiary alicyclic amines) is 1. The zero-order valence-electron chi connectivity index (χ0n) is 14.0. The molecule has 1 saturated carbocycles. The maximum atomic E-state index is 12.7. The van der Waals surface area contributed by atoms with Gasteiger partial charge in [-0.05, 0) is 52.9 Å². The van der Waals surface area contributed by atoms with Gasteiger partial charge in [0.25, 0.3) is 0 Å². The molecule has 0 aromatic carbocycles. The average Bonchev–Trinajstić information content (AvgIpc) is 2.99. The van der Waals surface area contributed by atoms with Crippen LogP contribution in [0.15, 0.2) is 0 Å². The van der Waals surface area contributed by atoms with Crippen LogP contribution in [0.2, 0.25) is 0 Å². The minimum absolute atomic E-state index is 0.266. The molecule has 0 unspecified atom stereocenters. The van der Waals surface area contributed by atoms with Gasteiger partial charge < -0.3 is 15.1 Å². The summed E-state index contributed by atoms with van der Waals surface area (Å²) in [5.74, 6) is 0.317. The number of likely N-dealkylation sites (N-methyl/N-ethyl adjacent to an activating group) is 2. The summed E-state index contributed by atoms with van der Waals surface area (Å²) < 4.78 is 0. The van der Waals surface area contributed by atoms with Crippen molar-refractivity contribution in [2.24, 2.45) is 0 Å². The zero-order valence-corrected chi connectivity index (χ0v) is 14.0. The largest absolute Gasteiger partial charge is 0.341 e. The van der Waals surface area contributed by atoms with Crippen molar-refractivity contribution in [2.75, 3.05) is 34.2 Å². The molecule has 2 rings (SSSR count). The first-order valence-electron chi connectivity index (χ1n) is 8.24. The van der Waals surface area contributed by atoms with Crippen LogP contribution in [-0.2, 0) is 4.79 Å². The summed E-state index contributed by atoms with van der Waals surface area (Å²) in [4.78, 5) is 17.1. The summed E-state index contributed by atoms with van der Waals surface area (Å²) in [6.45, 7) is 6.21. The standard InChI is InChI=1S/C14H27N3O.C2H6/c1-15-14(8-4-5-9-14)13(18)17(3)12-6-10-16(2)11-7-12;1-2/h12,15H,4-11H2,1-3H3;1-2H3. The number of carbonyl (C=O) groups is 1. The molecule has 1 heterocycles. The minimum atomic E-state index is -0.266. The second-order valence-electron chi connectivity index (χ2n) is 5.99. The predicted octanol–water partition coefficient (Wildman–Crippen LogP) is 2.10. The van der Waals surface area contributed by atoms with Gasteiger partial charge in [0.05, 0.1) is 5.54 Å². The average molecular weight is 283 g/mol. The minimum Gasteiger partial charge on any atom is -0.341 e. The molecule has 4 nitrogen and oxygen atoms in total. The van der Waals surface area contributed by atoms with Gasteiger partial charge in [-0.2, -0.15) is 0 Å². The Morgan fingerprint density at radius 1 is 1.20 bits per heavy atom. The molecule has 1 N–H and O–H groups in total. The first-order valence-corrected chi connectivity index (χ1v) is 8.24. The van der Waals surface area contributed by atoms with Crippen molar-refractivity contribution in [3.63, 3.8) is 0 Å². The molecule has 0 spiro atoms. The molecule has 0 bridgehead atoms. The van der Waals surface area contributed by atoms with Crippen LogP contribution in [0.1, 0.15) is 52.4 Å². The Morgan fingerprint density at radius 2 is 1.70 bits per heavy atom. The second-order valence-corrected chi connectivity index (χ2v) is 5.99. The van der Waals surface area contributed by atoms with Crippen molar-refractivity contribution in [1.29, 1.82) is 0 Å². The molecule has 20 heavy (non-hydrogen) atoms. The van der Waals surface area contributed by atoms with Gasteiger partial charge in [-0.1, -0.05) is 26.7 Å². The van der Waals surface area contributed by atoms with Gasteiger partial charge in [-0.15, -0.1) is 0 Å². The van der Waals surface area contributed by atoms with Crippen molar-refractivity contribution < 1.29 is 4.79 Å². The normalized spacial score (nSPS) is 23.1. The summed E-state index contributed by atoms with van der Waals surface area (Å²) in [5, 5.41) is 3.30. The molecular formula is C16H33N3O. The molecule has 1 aliphatic carbocycles. The third-order valence-electron chi connectivity index (χ3n) is 4.90. The van der Waals surface area contributed by atoms with E-state index in [9.17, 15) is 4.79 Å². The SMILES string of the molecule is CC.CNC1(C(=O)N(C)C2CCN(C)CC2)CCCC1. The molecular weight excluding hydrogens is 250 g/mol. The molecule has 118 valence electrons. The summed E-state index contributed by atoms with van der Waals surface area (Å²) in [6.07, 6.45) is 6.57. The number of nitrogens with zero attached hydrogens (tertiary/aromatic N) is 2. The van der Waals surface area contributed by atoms with Crippen LogP contribution in [0.3, 0.4) is 0 Å². The summed E-state index contributed by atoms with van der Waals surface area (Å²) >= 11 is 0. The van der Waals surface area contributed by atoms with Crippen LogP contribution in [0.25, 0.3) is 0 Å². The van der Waals surface area contributed by atoms with E-state index in [4.69, 9.17) is 0 Å². The molecule has 1 saturated heterocycles. The lowest BCUT2D eigenvalue weighted by molar-refractivity contribution is -0.139. The lowest BCUT2D eigenvalue weighted by Crippen LogP contribution is -2.57. The third-order valence-corrected chi connectivity index (χ3v) is 4.90. The van der Waals surface area contributed by atoms with Crippen LogP contribution in [0, 0.1) is 0 Å². The Balaban J connectivity index is 0.000000956. The topological polar surface area (TPSA) is 35.6 Å². The number of hydrogen-bond acceptors (Lipinski definition) is 3. The predicted molar refractivity (Wildman–Crippen MR) is 84.9 cm³/mol. The van der Waals surface area contributed by atoms with E-state index in [0.29, 0.717) is 11.9 Å². The van der Waals surface area contributed by atoms with Crippen LogP contribution in [-0.4, -0.2) is 61.5 Å². The van der Waals surface area contributed by atoms with Crippen molar-refractivity contribution >= 4 is 5.91 Å². The number of piperidine rings is 1. The number of rotatable bonds is 3. The number of carbonyl (C=O) groups excluding carboxylic acids is 1. The lowest BCUT2D eigenvalue weighted by Gasteiger charge is -2.39. The van der Waals surface area contributed by atoms with E-state index < -0.39 is 0 Å². The molecule has 1 amide bonds. The van der Waals surface area contributed by atoms with Crippen molar-refractivity contribution in [2.45, 2.75) is 64.0 Å². The molecule has 4 heteroatoms. The zero-order chi connectivity index (χ0) is 15.2. The summed E-state index contributed by atoms with van der Waals surface area (Å²) in [6, 6.07) is 0.430. The highest BCUT2D eigenvalue weighted by Crippen LogP contribution is 2.32. The molecule has 0 aromatic heterocycles. The molecule has 0 radical (unpaired) electrons. The first kappa shape index (κ1) is 17.4. The van der Waals surface area contributed by atoms with E-state index in [1.165, 1.54) is 12.8 Å². The highest BCUT2D eigenvalue weighted by molar-refractivity contribution is 5.86. The molecule has 1 aliphatic heterocycles. The maximum absolute atomic E-state index is 12.7. The second kappa shape index (κ2) is 7.99. The van der Waals surface area contributed by atoms with Crippen molar-refractivity contribution in [3.05, 3.63) is 0 Å². The molecule has 2 aliphatic rings. The van der Waals surface area contributed by atoms with Gasteiger partial charge in [0.1, 0.15) is 0 Å². The van der Waals surface area contributed by atoms with Crippen molar-refractivity contribution in [3.8, 4) is 0 Å². The van der Waals surface area contributed by atoms with Gasteiger partial charge in [0.2, 0.25) is 5.91 Å². The molecule has 0 atom stereocenters. The monoisotopic (exact) mass is 283 g/mol. The van der Waals surface area contributed by atoms with Crippen LogP contribution < -0.4 is 5.32 Å². The fourth-order valence-corrected chi connectivity index (χ4v) is 3.44. The first-order chi connectivity index (χ1) is 9.59. The van der Waals surface area contributed by atoms with Crippen molar-refractivity contribution in [1.82, 2.24) is 15.1 Å². The number of hydrogen-bond donors (Lipinski definition) is 1. The van der Waals surface area contributed by atoms with Gasteiger partial charge in [-0.3, -0.25) is 4.79 Å². The van der Waals surface area contributed by atoms with E-state index >= 15 is 0 Å². The number of amides is 1. The smallest absolute Gasteiger partial charge is 0.242 e. The van der Waals surface area contributed by atoms with Crippen LogP contribution >= 0.6 is 0 Å². The van der Waals surface area contributed by atoms with E-state index in [-0.39, 0.29) is 5.54 Å². The summed E-state index contributed by atoms with van der Waals surface area (Å²) in [7, 11) is 6.09. The Bertz CT molecular complexity index is 292. The van der Waals surface area contributed by atoms with Gasteiger partial charge in [0.15, 0.2) is 0 Å². The fourth-order valence-electron chi connectivity index (χ4n) is 3.44. The summed E-state index contributed by atoms with van der Waals surface area (Å²) in [5.41, 5.74) is -0.266.